The van der Waals surface area contributed by atoms with Crippen molar-refractivity contribution in [1.29, 1.82) is 0 Å². The normalized spacial score (nSPS) is 17.3. The molecule has 0 aliphatic carbocycles. The highest BCUT2D eigenvalue weighted by molar-refractivity contribution is 7.39. The van der Waals surface area contributed by atoms with E-state index in [1.807, 2.05) is 21.1 Å². The fourth-order valence-corrected chi connectivity index (χ4v) is 1.51. The predicted molar refractivity (Wildman–Crippen MR) is 55.6 cm³/mol. The third kappa shape index (κ3) is 6.89. The van der Waals surface area contributed by atoms with Crippen molar-refractivity contribution in [3.05, 3.63) is 0 Å². The lowest BCUT2D eigenvalue weighted by Gasteiger charge is -2.22. The third-order valence-corrected chi connectivity index (χ3v) is 2.94. The minimum absolute atomic E-state index is 0.230. The van der Waals surface area contributed by atoms with Crippen molar-refractivity contribution in [3.63, 3.8) is 0 Å². The minimum Gasteiger partial charge on any atom is -0.393 e. The highest BCUT2D eigenvalue weighted by atomic mass is 31.1. The van der Waals surface area contributed by atoms with Crippen molar-refractivity contribution in [2.45, 2.75) is 11.9 Å². The second kappa shape index (κ2) is 6.48. The van der Waals surface area contributed by atoms with E-state index in [1.54, 1.807) is 0 Å². The Morgan fingerprint density at radius 3 is 2.27 bits per heavy atom. The number of hydrogen-bond acceptors (Lipinski definition) is 5. The highest BCUT2D eigenvalue weighted by Gasteiger charge is 2.37. The van der Waals surface area contributed by atoms with E-state index in [9.17, 15) is 9.67 Å². The second-order valence-corrected chi connectivity index (χ2v) is 5.65. The summed E-state index contributed by atoms with van der Waals surface area (Å²) in [4.78, 5) is 0. The van der Waals surface area contributed by atoms with Crippen molar-refractivity contribution >= 4 is 8.03 Å². The van der Waals surface area contributed by atoms with Crippen LogP contribution >= 0.6 is 8.03 Å². The van der Waals surface area contributed by atoms with Crippen LogP contribution in [-0.4, -0.2) is 72.7 Å². The Morgan fingerprint density at radius 1 is 1.33 bits per heavy atom. The van der Waals surface area contributed by atoms with Crippen molar-refractivity contribution in [1.82, 2.24) is 0 Å². The zero-order chi connectivity index (χ0) is 12.1. The second-order valence-electron chi connectivity index (χ2n) is 4.30. The van der Waals surface area contributed by atoms with E-state index in [2.05, 4.69) is 0 Å². The van der Waals surface area contributed by atoms with Gasteiger partial charge in [-0.3, -0.25) is 0 Å². The standard InChI is InChI=1S/C8H20NO5P/c1-9(2,3)4-5-14-15(13)8(12)7(11)6-10/h7-8,10-12H,4-6H2,1-3H3/q+2. The zero-order valence-corrected chi connectivity index (χ0v) is 10.2. The van der Waals surface area contributed by atoms with Gasteiger partial charge in [-0.15, -0.1) is 4.52 Å². The van der Waals surface area contributed by atoms with Gasteiger partial charge in [-0.05, 0) is 4.57 Å². The number of aliphatic hydroxyl groups is 3. The molecule has 0 rings (SSSR count). The molecule has 15 heavy (non-hydrogen) atoms. The summed E-state index contributed by atoms with van der Waals surface area (Å²) in [6.45, 7) is 0.234. The van der Waals surface area contributed by atoms with Crippen LogP contribution in [0.3, 0.4) is 0 Å². The van der Waals surface area contributed by atoms with Gasteiger partial charge in [0.1, 0.15) is 6.54 Å². The average Bonchev–Trinajstić information content (AvgIpc) is 2.13. The number of likely N-dealkylation sites (N-methyl/N-ethyl adjacent to an activating group) is 1. The predicted octanol–water partition coefficient (Wildman–Crippen LogP) is -0.877. The zero-order valence-electron chi connectivity index (χ0n) is 9.33. The van der Waals surface area contributed by atoms with Crippen LogP contribution in [0.2, 0.25) is 0 Å². The molecular formula is C8H20NO5P+2. The van der Waals surface area contributed by atoms with Crippen LogP contribution in [-0.2, 0) is 9.09 Å². The number of rotatable bonds is 7. The largest absolute Gasteiger partial charge is 0.543 e. The Labute approximate surface area is 90.6 Å². The van der Waals surface area contributed by atoms with E-state index in [-0.39, 0.29) is 6.61 Å². The van der Waals surface area contributed by atoms with Gasteiger partial charge in [0.2, 0.25) is 0 Å². The lowest BCUT2D eigenvalue weighted by atomic mass is 10.4. The van der Waals surface area contributed by atoms with E-state index < -0.39 is 26.6 Å². The van der Waals surface area contributed by atoms with E-state index in [0.717, 1.165) is 0 Å². The topological polar surface area (TPSA) is 87.0 Å². The number of hydrogen-bond donors (Lipinski definition) is 3. The molecule has 0 aromatic carbocycles. The fraction of sp³-hybridized carbons (Fsp3) is 1.00. The quantitative estimate of drug-likeness (QED) is 0.398. The molecule has 0 heterocycles. The maximum atomic E-state index is 11.2. The molecule has 0 saturated heterocycles. The first kappa shape index (κ1) is 14.9. The van der Waals surface area contributed by atoms with Crippen LogP contribution in [0.15, 0.2) is 0 Å². The van der Waals surface area contributed by atoms with Gasteiger partial charge in [0.25, 0.3) is 0 Å². The summed E-state index contributed by atoms with van der Waals surface area (Å²) < 4.78 is 16.8. The molecule has 90 valence electrons. The SMILES string of the molecule is C[N+](C)(C)CCO[P+](=O)C(O)C(O)CO. The molecule has 0 spiro atoms. The smallest absolute Gasteiger partial charge is 0.393 e. The molecule has 6 nitrogen and oxygen atoms in total. The van der Waals surface area contributed by atoms with Crippen LogP contribution in [0.5, 0.6) is 0 Å². The molecule has 0 aliphatic heterocycles. The van der Waals surface area contributed by atoms with E-state index >= 15 is 0 Å². The number of quaternary nitrogens is 1. The molecule has 0 aromatic rings. The summed E-state index contributed by atoms with van der Waals surface area (Å²) in [6, 6.07) is 0. The molecule has 7 heteroatoms. The van der Waals surface area contributed by atoms with Gasteiger partial charge in [0.15, 0.2) is 12.7 Å². The Hall–Kier alpha value is -0.100. The maximum absolute atomic E-state index is 11.2. The minimum atomic E-state index is -2.35. The first-order chi connectivity index (χ1) is 6.78. The van der Waals surface area contributed by atoms with Crippen LogP contribution in [0.25, 0.3) is 0 Å². The van der Waals surface area contributed by atoms with Crippen molar-refractivity contribution in [3.8, 4) is 0 Å². The summed E-state index contributed by atoms with van der Waals surface area (Å²) in [7, 11) is 3.51. The lowest BCUT2D eigenvalue weighted by molar-refractivity contribution is -0.870. The molecule has 3 N–H and O–H groups in total. The fourth-order valence-electron chi connectivity index (χ4n) is 0.716. The summed E-state index contributed by atoms with van der Waals surface area (Å²) >= 11 is 0. The van der Waals surface area contributed by atoms with Gasteiger partial charge in [0.05, 0.1) is 27.7 Å². The maximum Gasteiger partial charge on any atom is 0.543 e. The van der Waals surface area contributed by atoms with Gasteiger partial charge in [-0.1, -0.05) is 0 Å². The molecule has 3 unspecified atom stereocenters. The summed E-state index contributed by atoms with van der Waals surface area (Å²) in [5.41, 5.74) is 0. The van der Waals surface area contributed by atoms with Crippen molar-refractivity contribution < 1.29 is 28.9 Å². The average molecular weight is 241 g/mol. The molecule has 0 radical (unpaired) electrons. The van der Waals surface area contributed by atoms with Gasteiger partial charge >= 0.3 is 13.9 Å². The Bertz CT molecular complexity index is 206. The Kier molecular flexibility index (Phi) is 6.43. The van der Waals surface area contributed by atoms with Crippen LogP contribution < -0.4 is 0 Å². The molecule has 3 atom stereocenters. The molecular weight excluding hydrogens is 221 g/mol. The Morgan fingerprint density at radius 2 is 1.87 bits per heavy atom. The molecule has 0 aliphatic rings. The monoisotopic (exact) mass is 241 g/mol. The van der Waals surface area contributed by atoms with Crippen molar-refractivity contribution in [2.24, 2.45) is 0 Å². The highest BCUT2D eigenvalue weighted by Crippen LogP contribution is 2.29. The van der Waals surface area contributed by atoms with Gasteiger partial charge in [0, 0.05) is 0 Å². The number of nitrogens with zero attached hydrogens (tertiary/aromatic N) is 1. The summed E-state index contributed by atoms with van der Waals surface area (Å²) in [5.74, 6) is -1.53. The van der Waals surface area contributed by atoms with Crippen LogP contribution in [0, 0.1) is 0 Å². The van der Waals surface area contributed by atoms with E-state index in [4.69, 9.17) is 14.7 Å². The van der Waals surface area contributed by atoms with E-state index in [1.165, 1.54) is 0 Å². The van der Waals surface area contributed by atoms with Crippen LogP contribution in [0.4, 0.5) is 0 Å². The first-order valence-corrected chi connectivity index (χ1v) is 5.89. The third-order valence-electron chi connectivity index (χ3n) is 1.73. The van der Waals surface area contributed by atoms with E-state index in [0.29, 0.717) is 11.0 Å². The van der Waals surface area contributed by atoms with Crippen molar-refractivity contribution in [2.75, 3.05) is 40.9 Å². The lowest BCUT2D eigenvalue weighted by Crippen LogP contribution is -2.37. The van der Waals surface area contributed by atoms with Gasteiger partial charge in [-0.25, -0.2) is 0 Å². The molecule has 0 bridgehead atoms. The Balaban J connectivity index is 3.84. The first-order valence-electron chi connectivity index (χ1n) is 4.64. The summed E-state index contributed by atoms with van der Waals surface area (Å²) in [6.07, 6.45) is -1.42. The molecule has 0 amide bonds. The number of aliphatic hydroxyl groups excluding tert-OH is 3. The van der Waals surface area contributed by atoms with Crippen LogP contribution in [0.1, 0.15) is 0 Å². The van der Waals surface area contributed by atoms with Gasteiger partial charge < -0.3 is 19.8 Å². The molecule has 0 aromatic heterocycles. The van der Waals surface area contributed by atoms with Gasteiger partial charge in [-0.2, -0.15) is 0 Å². The summed E-state index contributed by atoms with van der Waals surface area (Å²) in [5, 5.41) is 26.7. The molecule has 0 saturated carbocycles. The molecule has 0 fully saturated rings.